The highest BCUT2D eigenvalue weighted by Crippen LogP contribution is 2.18. The average Bonchev–Trinajstić information content (AvgIpc) is 2.23. The zero-order valence-corrected chi connectivity index (χ0v) is 9.80. The summed E-state index contributed by atoms with van der Waals surface area (Å²) in [5, 5.41) is 0. The molecule has 14 heavy (non-hydrogen) atoms. The van der Waals surface area contributed by atoms with Crippen LogP contribution in [0.2, 0.25) is 0 Å². The van der Waals surface area contributed by atoms with Crippen LogP contribution in [0.3, 0.4) is 0 Å². The molecule has 0 radical (unpaired) electrons. The van der Waals surface area contributed by atoms with Crippen molar-refractivity contribution in [3.05, 3.63) is 0 Å². The van der Waals surface area contributed by atoms with E-state index in [1.165, 1.54) is 0 Å². The van der Waals surface area contributed by atoms with Crippen LogP contribution in [0, 0.1) is 0 Å². The molecule has 0 bridgehead atoms. The third-order valence-corrected chi connectivity index (χ3v) is 2.74. The fourth-order valence-electron chi connectivity index (χ4n) is 1.28. The number of hydrogen-bond acceptors (Lipinski definition) is 4. The molecule has 86 valence electrons. The zero-order chi connectivity index (χ0) is 11.0. The molecule has 0 aliphatic carbocycles. The number of hydrazine groups is 1. The van der Waals surface area contributed by atoms with Gasteiger partial charge in [-0.2, -0.15) is 0 Å². The van der Waals surface area contributed by atoms with Gasteiger partial charge in [0.25, 0.3) is 0 Å². The van der Waals surface area contributed by atoms with Crippen molar-refractivity contribution < 1.29 is 9.47 Å². The maximum absolute atomic E-state index is 5.48. The molecule has 0 saturated carbocycles. The van der Waals surface area contributed by atoms with Crippen LogP contribution in [-0.2, 0) is 9.47 Å². The van der Waals surface area contributed by atoms with E-state index >= 15 is 0 Å². The van der Waals surface area contributed by atoms with Crippen molar-refractivity contribution in [1.29, 1.82) is 0 Å². The van der Waals surface area contributed by atoms with E-state index in [1.807, 2.05) is 6.92 Å². The highest BCUT2D eigenvalue weighted by Gasteiger charge is 2.31. The zero-order valence-electron chi connectivity index (χ0n) is 9.80. The summed E-state index contributed by atoms with van der Waals surface area (Å²) < 4.78 is 10.9. The quantitative estimate of drug-likeness (QED) is 0.353. The highest BCUT2D eigenvalue weighted by atomic mass is 16.5. The highest BCUT2D eigenvalue weighted by molar-refractivity contribution is 4.86. The molecule has 0 saturated heterocycles. The molecule has 0 aromatic heterocycles. The van der Waals surface area contributed by atoms with Gasteiger partial charge >= 0.3 is 0 Å². The molecule has 0 aromatic carbocycles. The van der Waals surface area contributed by atoms with Crippen molar-refractivity contribution in [1.82, 2.24) is 5.43 Å². The van der Waals surface area contributed by atoms with Gasteiger partial charge < -0.3 is 9.47 Å². The normalized spacial score (nSPS) is 17.8. The lowest BCUT2D eigenvalue weighted by Gasteiger charge is -2.35. The van der Waals surface area contributed by atoms with E-state index in [2.05, 4.69) is 19.3 Å². The number of ether oxygens (including phenoxy) is 2. The lowest BCUT2D eigenvalue weighted by atomic mass is 9.94. The fraction of sp³-hybridized carbons (Fsp3) is 1.00. The van der Waals surface area contributed by atoms with Crippen LogP contribution in [0.5, 0.6) is 0 Å². The number of methoxy groups -OCH3 is 1. The molecule has 4 nitrogen and oxygen atoms in total. The van der Waals surface area contributed by atoms with Crippen LogP contribution in [0.1, 0.15) is 33.6 Å². The molecule has 2 unspecified atom stereocenters. The lowest BCUT2D eigenvalue weighted by molar-refractivity contribution is -0.0539. The number of hydrogen-bond donors (Lipinski definition) is 2. The molecule has 0 aliphatic rings. The van der Waals surface area contributed by atoms with Crippen molar-refractivity contribution >= 4 is 0 Å². The Hall–Kier alpha value is -0.160. The summed E-state index contributed by atoms with van der Waals surface area (Å²) in [7, 11) is 1.70. The average molecular weight is 204 g/mol. The van der Waals surface area contributed by atoms with Crippen LogP contribution in [0.25, 0.3) is 0 Å². The van der Waals surface area contributed by atoms with Crippen molar-refractivity contribution in [3.8, 4) is 0 Å². The minimum Gasteiger partial charge on any atom is -0.380 e. The van der Waals surface area contributed by atoms with Gasteiger partial charge in [0.1, 0.15) is 0 Å². The second-order valence-electron chi connectivity index (χ2n) is 3.66. The Bertz CT molecular complexity index is 138. The largest absolute Gasteiger partial charge is 0.380 e. The molecule has 0 aromatic rings. The molecule has 0 fully saturated rings. The predicted molar refractivity (Wildman–Crippen MR) is 57.9 cm³/mol. The van der Waals surface area contributed by atoms with E-state index in [0.717, 1.165) is 19.4 Å². The minimum atomic E-state index is -0.261. The van der Waals surface area contributed by atoms with Crippen LogP contribution >= 0.6 is 0 Å². The minimum absolute atomic E-state index is 0.0315. The monoisotopic (exact) mass is 204 g/mol. The Morgan fingerprint density at radius 2 is 2.07 bits per heavy atom. The van der Waals surface area contributed by atoms with Gasteiger partial charge in [0, 0.05) is 13.7 Å². The first-order chi connectivity index (χ1) is 6.64. The topological polar surface area (TPSA) is 56.5 Å². The number of nitrogens with two attached hydrogens (primary N) is 1. The van der Waals surface area contributed by atoms with E-state index in [-0.39, 0.29) is 11.6 Å². The maximum Gasteiger partial charge on any atom is 0.0836 e. The van der Waals surface area contributed by atoms with Crippen LogP contribution in [0.15, 0.2) is 0 Å². The summed E-state index contributed by atoms with van der Waals surface area (Å²) in [6.07, 6.45) is 1.92. The van der Waals surface area contributed by atoms with E-state index < -0.39 is 0 Å². The van der Waals surface area contributed by atoms with Crippen molar-refractivity contribution in [2.75, 3.05) is 20.3 Å². The summed E-state index contributed by atoms with van der Waals surface area (Å²) in [6, 6.07) is 0.0315. The van der Waals surface area contributed by atoms with Crippen LogP contribution in [-0.4, -0.2) is 32.0 Å². The number of rotatable bonds is 8. The Morgan fingerprint density at radius 1 is 1.43 bits per heavy atom. The van der Waals surface area contributed by atoms with Gasteiger partial charge in [-0.15, -0.1) is 0 Å². The Morgan fingerprint density at radius 3 is 2.43 bits per heavy atom. The Balaban J connectivity index is 4.08. The molecule has 0 heterocycles. The molecular formula is C10H24N2O2. The molecule has 2 atom stereocenters. The van der Waals surface area contributed by atoms with Gasteiger partial charge in [-0.1, -0.05) is 13.8 Å². The van der Waals surface area contributed by atoms with Crippen molar-refractivity contribution in [2.45, 2.75) is 45.3 Å². The van der Waals surface area contributed by atoms with Gasteiger partial charge in [-0.05, 0) is 19.8 Å². The molecule has 4 heteroatoms. The summed E-state index contributed by atoms with van der Waals surface area (Å²) in [5.41, 5.74) is 2.49. The molecule has 0 rings (SSSR count). The third-order valence-electron chi connectivity index (χ3n) is 2.74. The van der Waals surface area contributed by atoms with Gasteiger partial charge in [0.15, 0.2) is 0 Å². The van der Waals surface area contributed by atoms with Crippen molar-refractivity contribution in [3.63, 3.8) is 0 Å². The molecule has 0 spiro atoms. The lowest BCUT2D eigenvalue weighted by Crippen LogP contribution is -2.55. The summed E-state index contributed by atoms with van der Waals surface area (Å²) in [5.74, 6) is 5.48. The van der Waals surface area contributed by atoms with Gasteiger partial charge in [0.2, 0.25) is 0 Å². The molecule has 0 amide bonds. The van der Waals surface area contributed by atoms with Gasteiger partial charge in [-0.3, -0.25) is 11.3 Å². The van der Waals surface area contributed by atoms with E-state index in [0.29, 0.717) is 6.61 Å². The predicted octanol–water partition coefficient (Wildman–Crippen LogP) is 1.06. The second-order valence-corrected chi connectivity index (χ2v) is 3.66. The summed E-state index contributed by atoms with van der Waals surface area (Å²) >= 11 is 0. The first-order valence-corrected chi connectivity index (χ1v) is 5.23. The second kappa shape index (κ2) is 7.17. The van der Waals surface area contributed by atoms with E-state index in [4.69, 9.17) is 15.3 Å². The Labute approximate surface area is 87.1 Å². The molecular weight excluding hydrogens is 180 g/mol. The SMILES string of the molecule is CCCOCC(NN)C(C)(CC)OC. The third kappa shape index (κ3) is 3.92. The van der Waals surface area contributed by atoms with Crippen molar-refractivity contribution in [2.24, 2.45) is 5.84 Å². The van der Waals surface area contributed by atoms with E-state index in [1.54, 1.807) is 7.11 Å². The summed E-state index contributed by atoms with van der Waals surface area (Å²) in [4.78, 5) is 0. The van der Waals surface area contributed by atoms with Gasteiger partial charge in [-0.25, -0.2) is 0 Å². The Kier molecular flexibility index (Phi) is 7.09. The standard InChI is InChI=1S/C10H24N2O2/c1-5-7-14-8-9(12-11)10(3,6-2)13-4/h9,12H,5-8,11H2,1-4H3. The number of nitrogens with one attached hydrogen (secondary N) is 1. The smallest absolute Gasteiger partial charge is 0.0836 e. The molecule has 3 N–H and O–H groups in total. The first kappa shape index (κ1) is 13.8. The first-order valence-electron chi connectivity index (χ1n) is 5.23. The fourth-order valence-corrected chi connectivity index (χ4v) is 1.28. The van der Waals surface area contributed by atoms with E-state index in [9.17, 15) is 0 Å². The maximum atomic E-state index is 5.48. The van der Waals surface area contributed by atoms with Gasteiger partial charge in [0.05, 0.1) is 18.2 Å². The molecule has 0 aliphatic heterocycles. The summed E-state index contributed by atoms with van der Waals surface area (Å²) in [6.45, 7) is 7.55. The van der Waals surface area contributed by atoms with Crippen LogP contribution < -0.4 is 11.3 Å². The van der Waals surface area contributed by atoms with Crippen LogP contribution in [0.4, 0.5) is 0 Å².